The minimum absolute atomic E-state index is 0.317. The van der Waals surface area contributed by atoms with Crippen LogP contribution < -0.4 is 4.74 Å². The number of allylic oxidation sites excluding steroid dienone is 2. The van der Waals surface area contributed by atoms with Crippen molar-refractivity contribution in [3.63, 3.8) is 0 Å². The smallest absolute Gasteiger partial charge is 0.362 e. The van der Waals surface area contributed by atoms with Crippen molar-refractivity contribution in [1.82, 2.24) is 10.0 Å². The first-order valence-electron chi connectivity index (χ1n) is 7.29. The molecule has 1 aromatic rings. The van der Waals surface area contributed by atoms with Gasteiger partial charge in [0.1, 0.15) is 11.4 Å². The van der Waals surface area contributed by atoms with Crippen LogP contribution in [0, 0.1) is 0 Å². The highest BCUT2D eigenvalue weighted by Crippen LogP contribution is 2.22. The molecule has 0 saturated carbocycles. The second-order valence-electron chi connectivity index (χ2n) is 4.88. The van der Waals surface area contributed by atoms with Crippen LogP contribution in [0.2, 0.25) is 0 Å². The summed E-state index contributed by atoms with van der Waals surface area (Å²) in [5, 5.41) is 3.62. The molecule has 0 saturated heterocycles. The molecule has 0 aliphatic carbocycles. The summed E-state index contributed by atoms with van der Waals surface area (Å²) >= 11 is 0. The van der Waals surface area contributed by atoms with Gasteiger partial charge in [0.2, 0.25) is 0 Å². The van der Waals surface area contributed by atoms with Crippen molar-refractivity contribution >= 4 is 11.9 Å². The molecule has 0 unspecified atom stereocenters. The highest BCUT2D eigenvalue weighted by Gasteiger charge is 2.25. The number of esters is 2. The number of nitrogens with zero attached hydrogens (tertiary/aromatic N) is 2. The van der Waals surface area contributed by atoms with Gasteiger partial charge in [0.05, 0.1) is 18.7 Å². The summed E-state index contributed by atoms with van der Waals surface area (Å²) in [4.78, 5) is 23.9. The number of benzene rings is 1. The molecular weight excluding hydrogens is 296 g/mol. The highest BCUT2D eigenvalue weighted by atomic mass is 16.5. The molecular formula is C17H16N2O4. The average Bonchev–Trinajstić information content (AvgIpc) is 3.04. The van der Waals surface area contributed by atoms with Gasteiger partial charge in [-0.3, -0.25) is 10.0 Å². The molecule has 0 amide bonds. The quantitative estimate of drug-likeness (QED) is 0.628. The minimum Gasteiger partial charge on any atom is -0.462 e. The molecule has 3 rings (SSSR count). The van der Waals surface area contributed by atoms with Gasteiger partial charge in [-0.1, -0.05) is 0 Å². The van der Waals surface area contributed by atoms with E-state index in [9.17, 15) is 9.59 Å². The molecule has 0 atom stereocenters. The Labute approximate surface area is 133 Å². The van der Waals surface area contributed by atoms with E-state index in [1.807, 2.05) is 23.5 Å². The van der Waals surface area contributed by atoms with Gasteiger partial charge < -0.3 is 9.47 Å². The van der Waals surface area contributed by atoms with Gasteiger partial charge in [-0.2, -0.15) is 0 Å². The summed E-state index contributed by atoms with van der Waals surface area (Å²) in [6.07, 6.45) is 9.14. The maximum Gasteiger partial charge on any atom is 0.362 e. The molecule has 2 aliphatic heterocycles. The van der Waals surface area contributed by atoms with Crippen LogP contribution >= 0.6 is 0 Å². The third kappa shape index (κ3) is 3.11. The number of ether oxygens (including phenoxy) is 2. The van der Waals surface area contributed by atoms with E-state index in [0.717, 1.165) is 6.54 Å². The van der Waals surface area contributed by atoms with E-state index in [4.69, 9.17) is 9.47 Å². The fourth-order valence-corrected chi connectivity index (χ4v) is 2.28. The van der Waals surface area contributed by atoms with Crippen molar-refractivity contribution in [1.29, 1.82) is 0 Å². The van der Waals surface area contributed by atoms with Crippen LogP contribution in [0.5, 0.6) is 5.75 Å². The van der Waals surface area contributed by atoms with E-state index in [-0.39, 0.29) is 0 Å². The summed E-state index contributed by atoms with van der Waals surface area (Å²) in [6, 6.07) is 6.28. The lowest BCUT2D eigenvalue weighted by molar-refractivity contribution is -0.133. The Hall–Kier alpha value is -3.02. The maximum atomic E-state index is 12.3. The zero-order chi connectivity index (χ0) is 16.2. The number of hydrazine groups is 1. The second-order valence-corrected chi connectivity index (χ2v) is 4.88. The Morgan fingerprint density at radius 2 is 1.91 bits per heavy atom. The van der Waals surface area contributed by atoms with Crippen LogP contribution in [-0.2, 0) is 9.53 Å². The molecule has 2 aliphatic rings. The summed E-state index contributed by atoms with van der Waals surface area (Å²) in [5.74, 6) is -0.494. The molecule has 0 N–H and O–H groups in total. The Kier molecular flexibility index (Phi) is 4.14. The lowest BCUT2D eigenvalue weighted by atomic mass is 10.2. The van der Waals surface area contributed by atoms with Crippen LogP contribution in [-0.4, -0.2) is 35.1 Å². The molecule has 0 radical (unpaired) electrons. The van der Waals surface area contributed by atoms with Crippen molar-refractivity contribution in [2.75, 3.05) is 13.2 Å². The largest absolute Gasteiger partial charge is 0.462 e. The Bertz CT molecular complexity index is 704. The molecule has 0 fully saturated rings. The number of carbonyl (C=O) groups is 2. The number of fused-ring (bicyclic) bond motifs is 1. The molecule has 0 bridgehead atoms. The minimum atomic E-state index is -0.463. The third-order valence-electron chi connectivity index (χ3n) is 3.36. The van der Waals surface area contributed by atoms with Gasteiger partial charge >= 0.3 is 11.9 Å². The molecule has 0 aromatic heterocycles. The van der Waals surface area contributed by atoms with Crippen LogP contribution in [0.25, 0.3) is 0 Å². The van der Waals surface area contributed by atoms with E-state index in [0.29, 0.717) is 23.6 Å². The van der Waals surface area contributed by atoms with Crippen molar-refractivity contribution in [2.24, 2.45) is 0 Å². The van der Waals surface area contributed by atoms with E-state index >= 15 is 0 Å². The molecule has 1 aromatic carbocycles. The van der Waals surface area contributed by atoms with Crippen LogP contribution in [0.3, 0.4) is 0 Å². The van der Waals surface area contributed by atoms with E-state index in [1.165, 1.54) is 0 Å². The number of rotatable bonds is 4. The summed E-state index contributed by atoms with van der Waals surface area (Å²) < 4.78 is 10.3. The normalized spacial score (nSPS) is 15.3. The summed E-state index contributed by atoms with van der Waals surface area (Å²) in [6.45, 7) is 2.78. The van der Waals surface area contributed by atoms with E-state index < -0.39 is 11.9 Å². The van der Waals surface area contributed by atoms with Gasteiger partial charge in [-0.15, -0.1) is 0 Å². The van der Waals surface area contributed by atoms with Gasteiger partial charge in [-0.05, 0) is 49.4 Å². The molecule has 6 nitrogen and oxygen atoms in total. The summed E-state index contributed by atoms with van der Waals surface area (Å²) in [5.41, 5.74) is 0.843. The first-order chi connectivity index (χ1) is 11.2. The number of hydrogen-bond acceptors (Lipinski definition) is 6. The van der Waals surface area contributed by atoms with Crippen molar-refractivity contribution < 1.29 is 19.1 Å². The van der Waals surface area contributed by atoms with Crippen molar-refractivity contribution in [3.05, 3.63) is 66.2 Å². The Morgan fingerprint density at radius 3 is 2.65 bits per heavy atom. The van der Waals surface area contributed by atoms with Crippen molar-refractivity contribution in [2.45, 2.75) is 6.92 Å². The zero-order valence-electron chi connectivity index (χ0n) is 12.6. The van der Waals surface area contributed by atoms with Crippen LogP contribution in [0.4, 0.5) is 0 Å². The Balaban J connectivity index is 1.68. The monoisotopic (exact) mass is 312 g/mol. The van der Waals surface area contributed by atoms with Gasteiger partial charge in [0.25, 0.3) is 0 Å². The first kappa shape index (κ1) is 14.9. The second kappa shape index (κ2) is 6.39. The van der Waals surface area contributed by atoms with E-state index in [1.54, 1.807) is 48.4 Å². The van der Waals surface area contributed by atoms with E-state index in [2.05, 4.69) is 0 Å². The number of hydrogen-bond donors (Lipinski definition) is 0. The third-order valence-corrected chi connectivity index (χ3v) is 3.36. The molecule has 0 spiro atoms. The highest BCUT2D eigenvalue weighted by molar-refractivity contribution is 5.91. The lowest BCUT2D eigenvalue weighted by Gasteiger charge is -2.30. The molecule has 23 heavy (non-hydrogen) atoms. The number of carbonyl (C=O) groups excluding carboxylic acids is 2. The Morgan fingerprint density at radius 1 is 1.13 bits per heavy atom. The zero-order valence-corrected chi connectivity index (χ0v) is 12.6. The van der Waals surface area contributed by atoms with Crippen LogP contribution in [0.1, 0.15) is 17.3 Å². The van der Waals surface area contributed by atoms with Gasteiger partial charge in [0, 0.05) is 12.4 Å². The summed E-state index contributed by atoms with van der Waals surface area (Å²) in [7, 11) is 0. The first-order valence-corrected chi connectivity index (χ1v) is 7.29. The molecule has 6 heteroatoms. The van der Waals surface area contributed by atoms with Crippen molar-refractivity contribution in [3.8, 4) is 5.75 Å². The molecule has 118 valence electrons. The van der Waals surface area contributed by atoms with Gasteiger partial charge in [0.15, 0.2) is 0 Å². The topological polar surface area (TPSA) is 59.1 Å². The fourth-order valence-electron chi connectivity index (χ4n) is 2.28. The SMILES string of the molecule is CCOC(=O)c1ccc(OC(=O)C2=CC=CN3CC=CN23)cc1. The molecule has 2 heterocycles. The predicted octanol–water partition coefficient (Wildman–Crippen LogP) is 2.23. The van der Waals surface area contributed by atoms with Crippen LogP contribution in [0.15, 0.2) is 60.6 Å². The standard InChI is InChI=1S/C17H16N2O4/c1-2-22-16(20)13-6-8-14(9-7-13)23-17(21)15-5-3-10-18-11-4-12-19(15)18/h3-10,12H,2,11H2,1H3. The maximum absolute atomic E-state index is 12.3. The lowest BCUT2D eigenvalue weighted by Crippen LogP contribution is -2.36. The fraction of sp³-hybridized carbons (Fsp3) is 0.176. The van der Waals surface area contributed by atoms with Gasteiger partial charge in [-0.25, -0.2) is 9.59 Å². The predicted molar refractivity (Wildman–Crippen MR) is 82.9 cm³/mol. The average molecular weight is 312 g/mol.